The molecular weight excluding hydrogens is 264 g/mol. The van der Waals surface area contributed by atoms with Gasteiger partial charge in [-0.25, -0.2) is 0 Å². The van der Waals surface area contributed by atoms with Gasteiger partial charge in [0, 0.05) is 5.56 Å². The normalized spacial score (nSPS) is 10.8. The van der Waals surface area contributed by atoms with Gasteiger partial charge in [0.25, 0.3) is 0 Å². The summed E-state index contributed by atoms with van der Waals surface area (Å²) in [6, 6.07) is 7.85. The fourth-order valence-corrected chi connectivity index (χ4v) is 2.75. The van der Waals surface area contributed by atoms with Crippen LogP contribution in [-0.4, -0.2) is 15.3 Å². The summed E-state index contributed by atoms with van der Waals surface area (Å²) in [5.74, 6) is -0.914. The van der Waals surface area contributed by atoms with Crippen LogP contribution >= 0.6 is 0 Å². The summed E-state index contributed by atoms with van der Waals surface area (Å²) in [5, 5.41) is 30.2. The van der Waals surface area contributed by atoms with E-state index in [0.717, 1.165) is 29.5 Å². The third-order valence-electron chi connectivity index (χ3n) is 3.98. The fraction of sp³-hybridized carbons (Fsp3) is 0.333. The van der Waals surface area contributed by atoms with Crippen molar-refractivity contribution in [1.29, 1.82) is 0 Å². The molecule has 112 valence electrons. The minimum absolute atomic E-state index is 0.231. The van der Waals surface area contributed by atoms with E-state index < -0.39 is 5.75 Å². The molecule has 21 heavy (non-hydrogen) atoms. The van der Waals surface area contributed by atoms with Gasteiger partial charge in [-0.05, 0) is 47.6 Å². The van der Waals surface area contributed by atoms with Crippen LogP contribution < -0.4 is 0 Å². The van der Waals surface area contributed by atoms with Crippen molar-refractivity contribution in [2.45, 2.75) is 40.0 Å². The number of aromatic hydroxyl groups is 3. The van der Waals surface area contributed by atoms with Gasteiger partial charge in [0.2, 0.25) is 5.75 Å². The standard InChI is InChI=1S/C18H22O3/c1-4-11-8-7-9-12(5-2)15(11)14-10-13(6-3)16(19)18(21)17(14)20/h7-10,19-21H,4-6H2,1-3H3. The number of phenols is 3. The van der Waals surface area contributed by atoms with E-state index in [2.05, 4.69) is 13.8 Å². The van der Waals surface area contributed by atoms with E-state index in [0.29, 0.717) is 17.5 Å². The van der Waals surface area contributed by atoms with E-state index in [1.54, 1.807) is 6.07 Å². The number of aryl methyl sites for hydroxylation is 3. The Morgan fingerprint density at radius 1 is 0.714 bits per heavy atom. The van der Waals surface area contributed by atoms with Crippen molar-refractivity contribution >= 4 is 0 Å². The van der Waals surface area contributed by atoms with Gasteiger partial charge in [0.1, 0.15) is 0 Å². The third-order valence-corrected chi connectivity index (χ3v) is 3.98. The zero-order chi connectivity index (χ0) is 15.6. The van der Waals surface area contributed by atoms with E-state index in [9.17, 15) is 15.3 Å². The van der Waals surface area contributed by atoms with Crippen LogP contribution in [0.5, 0.6) is 17.2 Å². The van der Waals surface area contributed by atoms with Crippen molar-refractivity contribution in [3.05, 3.63) is 41.0 Å². The molecule has 2 aromatic carbocycles. The molecule has 0 amide bonds. The number of benzene rings is 2. The highest BCUT2D eigenvalue weighted by Gasteiger charge is 2.20. The topological polar surface area (TPSA) is 60.7 Å². The van der Waals surface area contributed by atoms with Crippen LogP contribution in [0.25, 0.3) is 11.1 Å². The Morgan fingerprint density at radius 2 is 1.24 bits per heavy atom. The van der Waals surface area contributed by atoms with E-state index in [-0.39, 0.29) is 11.5 Å². The second-order valence-corrected chi connectivity index (χ2v) is 5.14. The van der Waals surface area contributed by atoms with Gasteiger partial charge in [-0.1, -0.05) is 39.0 Å². The summed E-state index contributed by atoms with van der Waals surface area (Å²) in [4.78, 5) is 0. The van der Waals surface area contributed by atoms with Gasteiger partial charge in [0.15, 0.2) is 11.5 Å². The first-order chi connectivity index (χ1) is 10.0. The molecule has 0 unspecified atom stereocenters. The van der Waals surface area contributed by atoms with Gasteiger partial charge in [-0.3, -0.25) is 0 Å². The molecule has 0 aliphatic heterocycles. The van der Waals surface area contributed by atoms with Crippen molar-refractivity contribution in [1.82, 2.24) is 0 Å². The summed E-state index contributed by atoms with van der Waals surface area (Å²) in [5.41, 5.74) is 4.43. The lowest BCUT2D eigenvalue weighted by Crippen LogP contribution is -1.96. The molecule has 0 radical (unpaired) electrons. The molecule has 0 aliphatic rings. The number of phenolic OH excluding ortho intramolecular Hbond substituents is 3. The highest BCUT2D eigenvalue weighted by Crippen LogP contribution is 2.46. The monoisotopic (exact) mass is 286 g/mol. The van der Waals surface area contributed by atoms with Crippen LogP contribution in [0.3, 0.4) is 0 Å². The minimum atomic E-state index is -0.433. The maximum atomic E-state index is 10.3. The van der Waals surface area contributed by atoms with E-state index in [1.807, 2.05) is 25.1 Å². The van der Waals surface area contributed by atoms with Crippen molar-refractivity contribution < 1.29 is 15.3 Å². The van der Waals surface area contributed by atoms with E-state index >= 15 is 0 Å². The number of hydrogen-bond donors (Lipinski definition) is 3. The Bertz CT molecular complexity index is 638. The van der Waals surface area contributed by atoms with Crippen LogP contribution in [0.1, 0.15) is 37.5 Å². The molecule has 0 saturated carbocycles. The SMILES string of the molecule is CCc1cc(-c2c(CC)cccc2CC)c(O)c(O)c1O. The Balaban J connectivity index is 2.81. The van der Waals surface area contributed by atoms with Gasteiger partial charge < -0.3 is 15.3 Å². The number of rotatable bonds is 4. The van der Waals surface area contributed by atoms with Gasteiger partial charge in [-0.2, -0.15) is 0 Å². The van der Waals surface area contributed by atoms with Crippen LogP contribution in [-0.2, 0) is 19.3 Å². The molecule has 3 N–H and O–H groups in total. The summed E-state index contributed by atoms with van der Waals surface area (Å²) in [6.07, 6.45) is 2.26. The molecule has 2 aromatic rings. The Hall–Kier alpha value is -2.16. The van der Waals surface area contributed by atoms with Gasteiger partial charge >= 0.3 is 0 Å². The molecule has 3 nitrogen and oxygen atoms in total. The zero-order valence-corrected chi connectivity index (χ0v) is 12.8. The average Bonchev–Trinajstić information content (AvgIpc) is 2.52. The second kappa shape index (κ2) is 6.08. The maximum absolute atomic E-state index is 10.3. The van der Waals surface area contributed by atoms with Gasteiger partial charge in [-0.15, -0.1) is 0 Å². The average molecular weight is 286 g/mol. The minimum Gasteiger partial charge on any atom is -0.504 e. The summed E-state index contributed by atoms with van der Waals surface area (Å²) < 4.78 is 0. The summed E-state index contributed by atoms with van der Waals surface area (Å²) in [7, 11) is 0. The lowest BCUT2D eigenvalue weighted by molar-refractivity contribution is 0.366. The molecule has 0 fully saturated rings. The maximum Gasteiger partial charge on any atom is 0.201 e. The van der Waals surface area contributed by atoms with Crippen molar-refractivity contribution in [3.8, 4) is 28.4 Å². The molecule has 0 saturated heterocycles. The van der Waals surface area contributed by atoms with Crippen molar-refractivity contribution in [2.24, 2.45) is 0 Å². The predicted molar refractivity (Wildman–Crippen MR) is 85.0 cm³/mol. The molecule has 0 aromatic heterocycles. The molecule has 3 heteroatoms. The van der Waals surface area contributed by atoms with E-state index in [4.69, 9.17) is 0 Å². The smallest absolute Gasteiger partial charge is 0.201 e. The van der Waals surface area contributed by atoms with Crippen LogP contribution in [0.4, 0.5) is 0 Å². The third kappa shape index (κ3) is 2.56. The quantitative estimate of drug-likeness (QED) is 0.740. The highest BCUT2D eigenvalue weighted by atomic mass is 16.3. The lowest BCUT2D eigenvalue weighted by atomic mass is 9.89. The second-order valence-electron chi connectivity index (χ2n) is 5.14. The van der Waals surface area contributed by atoms with Crippen LogP contribution in [0.2, 0.25) is 0 Å². The zero-order valence-electron chi connectivity index (χ0n) is 12.8. The molecule has 0 spiro atoms. The first kappa shape index (κ1) is 15.2. The van der Waals surface area contributed by atoms with E-state index in [1.165, 1.54) is 0 Å². The first-order valence-corrected chi connectivity index (χ1v) is 7.42. The highest BCUT2D eigenvalue weighted by molar-refractivity contribution is 5.81. The summed E-state index contributed by atoms with van der Waals surface area (Å²) in [6.45, 7) is 6.04. The summed E-state index contributed by atoms with van der Waals surface area (Å²) >= 11 is 0. The Labute approximate surface area is 125 Å². The van der Waals surface area contributed by atoms with Crippen molar-refractivity contribution in [2.75, 3.05) is 0 Å². The molecule has 0 atom stereocenters. The molecule has 0 bridgehead atoms. The Kier molecular flexibility index (Phi) is 4.41. The molecular formula is C18H22O3. The fourth-order valence-electron chi connectivity index (χ4n) is 2.75. The van der Waals surface area contributed by atoms with Crippen LogP contribution in [0, 0.1) is 0 Å². The number of hydrogen-bond acceptors (Lipinski definition) is 3. The predicted octanol–water partition coefficient (Wildman–Crippen LogP) is 4.16. The van der Waals surface area contributed by atoms with Crippen LogP contribution in [0.15, 0.2) is 24.3 Å². The van der Waals surface area contributed by atoms with Crippen molar-refractivity contribution in [3.63, 3.8) is 0 Å². The molecule has 0 heterocycles. The molecule has 0 aliphatic carbocycles. The largest absolute Gasteiger partial charge is 0.504 e. The lowest BCUT2D eigenvalue weighted by Gasteiger charge is -2.17. The van der Waals surface area contributed by atoms with Gasteiger partial charge in [0.05, 0.1) is 0 Å². The Morgan fingerprint density at radius 3 is 1.71 bits per heavy atom. The first-order valence-electron chi connectivity index (χ1n) is 7.42. The molecule has 2 rings (SSSR count).